The van der Waals surface area contributed by atoms with E-state index in [2.05, 4.69) is 56.0 Å². The normalized spacial score (nSPS) is 13.8. The molecule has 0 aliphatic rings. The predicted molar refractivity (Wildman–Crippen MR) is 82.1 cm³/mol. The number of nitrogens with one attached hydrogen (secondary N) is 1. The number of pyridine rings is 1. The smallest absolute Gasteiger partial charge is 0.0543 e. The Balaban J connectivity index is 2.53. The monoisotopic (exact) mass is 263 g/mol. The lowest BCUT2D eigenvalue weighted by atomic mass is 9.86. The standard InChI is InChI=1S/C16H29N3/c1-6-10-18-15(16(2,3)4)13-19(5)12-14-9-7-8-11-17-14/h7-9,11,15,18H,6,10,12-13H2,1-5H3. The molecule has 1 aromatic rings. The fraction of sp³-hybridized carbons (Fsp3) is 0.688. The van der Waals surface area contributed by atoms with E-state index in [-0.39, 0.29) is 5.41 Å². The molecule has 1 heterocycles. The van der Waals surface area contributed by atoms with Crippen LogP contribution in [0.4, 0.5) is 0 Å². The highest BCUT2D eigenvalue weighted by molar-refractivity contribution is 5.03. The van der Waals surface area contributed by atoms with Crippen molar-refractivity contribution in [2.24, 2.45) is 5.41 Å². The molecule has 1 N–H and O–H groups in total. The summed E-state index contributed by atoms with van der Waals surface area (Å²) < 4.78 is 0. The summed E-state index contributed by atoms with van der Waals surface area (Å²) in [6, 6.07) is 6.60. The third-order valence-corrected chi connectivity index (χ3v) is 3.34. The first kappa shape index (κ1) is 16.1. The molecular weight excluding hydrogens is 234 g/mol. The van der Waals surface area contributed by atoms with E-state index in [1.165, 1.54) is 6.42 Å². The lowest BCUT2D eigenvalue weighted by molar-refractivity contribution is 0.189. The largest absolute Gasteiger partial charge is 0.312 e. The second kappa shape index (κ2) is 7.61. The maximum Gasteiger partial charge on any atom is 0.0543 e. The summed E-state index contributed by atoms with van der Waals surface area (Å²) in [6.07, 6.45) is 3.04. The van der Waals surface area contributed by atoms with Gasteiger partial charge in [-0.1, -0.05) is 33.8 Å². The molecule has 19 heavy (non-hydrogen) atoms. The average molecular weight is 263 g/mol. The van der Waals surface area contributed by atoms with Crippen molar-refractivity contribution >= 4 is 0 Å². The van der Waals surface area contributed by atoms with Crippen molar-refractivity contribution in [3.05, 3.63) is 30.1 Å². The first-order valence-corrected chi connectivity index (χ1v) is 7.25. The van der Waals surface area contributed by atoms with Gasteiger partial charge in [0.25, 0.3) is 0 Å². The minimum atomic E-state index is 0.271. The Morgan fingerprint density at radius 1 is 1.32 bits per heavy atom. The van der Waals surface area contributed by atoms with Gasteiger partial charge < -0.3 is 5.32 Å². The highest BCUT2D eigenvalue weighted by atomic mass is 15.1. The van der Waals surface area contributed by atoms with Crippen molar-refractivity contribution in [2.75, 3.05) is 20.1 Å². The minimum absolute atomic E-state index is 0.271. The maximum atomic E-state index is 4.39. The highest BCUT2D eigenvalue weighted by Crippen LogP contribution is 2.20. The van der Waals surface area contributed by atoms with Crippen molar-refractivity contribution in [3.63, 3.8) is 0 Å². The molecule has 0 saturated heterocycles. The van der Waals surface area contributed by atoms with Crippen LogP contribution in [0.5, 0.6) is 0 Å². The van der Waals surface area contributed by atoms with Crippen molar-refractivity contribution in [1.29, 1.82) is 0 Å². The van der Waals surface area contributed by atoms with Crippen LogP contribution in [0.25, 0.3) is 0 Å². The van der Waals surface area contributed by atoms with Gasteiger partial charge in [-0.2, -0.15) is 0 Å². The third kappa shape index (κ3) is 6.17. The molecule has 0 fully saturated rings. The van der Waals surface area contributed by atoms with Gasteiger partial charge in [-0.15, -0.1) is 0 Å². The number of rotatable bonds is 7. The molecule has 108 valence electrons. The maximum absolute atomic E-state index is 4.39. The Morgan fingerprint density at radius 3 is 2.58 bits per heavy atom. The highest BCUT2D eigenvalue weighted by Gasteiger charge is 2.25. The van der Waals surface area contributed by atoms with Crippen LogP contribution in [0, 0.1) is 5.41 Å². The number of nitrogens with zero attached hydrogens (tertiary/aromatic N) is 2. The number of aromatic nitrogens is 1. The third-order valence-electron chi connectivity index (χ3n) is 3.34. The van der Waals surface area contributed by atoms with Crippen LogP contribution in [0.3, 0.4) is 0 Å². The molecule has 1 aromatic heterocycles. The summed E-state index contributed by atoms with van der Waals surface area (Å²) in [7, 11) is 2.17. The van der Waals surface area contributed by atoms with Gasteiger partial charge in [-0.05, 0) is 37.6 Å². The topological polar surface area (TPSA) is 28.2 Å². The van der Waals surface area contributed by atoms with E-state index in [0.29, 0.717) is 6.04 Å². The van der Waals surface area contributed by atoms with Gasteiger partial charge in [0.15, 0.2) is 0 Å². The second-order valence-electron chi connectivity index (χ2n) is 6.39. The zero-order chi connectivity index (χ0) is 14.3. The van der Waals surface area contributed by atoms with Gasteiger partial charge in [-0.25, -0.2) is 0 Å². The molecule has 0 bridgehead atoms. The predicted octanol–water partition coefficient (Wildman–Crippen LogP) is 2.93. The van der Waals surface area contributed by atoms with Crippen LogP contribution >= 0.6 is 0 Å². The Bertz CT molecular complexity index is 343. The van der Waals surface area contributed by atoms with E-state index in [9.17, 15) is 0 Å². The molecule has 0 saturated carbocycles. The molecule has 0 aliphatic carbocycles. The Morgan fingerprint density at radius 2 is 2.05 bits per heavy atom. The molecule has 0 amide bonds. The molecule has 3 heteroatoms. The van der Waals surface area contributed by atoms with Gasteiger partial charge in [0.05, 0.1) is 5.69 Å². The van der Waals surface area contributed by atoms with E-state index >= 15 is 0 Å². The van der Waals surface area contributed by atoms with Gasteiger partial charge >= 0.3 is 0 Å². The SMILES string of the molecule is CCCNC(CN(C)Cc1ccccn1)C(C)(C)C. The van der Waals surface area contributed by atoms with Gasteiger partial charge in [0.1, 0.15) is 0 Å². The quantitative estimate of drug-likeness (QED) is 0.820. The molecule has 0 spiro atoms. The Labute approximate surface area is 118 Å². The van der Waals surface area contributed by atoms with Crippen molar-refractivity contribution < 1.29 is 0 Å². The molecule has 0 aromatic carbocycles. The van der Waals surface area contributed by atoms with E-state index in [1.54, 1.807) is 0 Å². The van der Waals surface area contributed by atoms with Crippen LogP contribution < -0.4 is 5.32 Å². The lowest BCUT2D eigenvalue weighted by Crippen LogP contribution is -2.47. The van der Waals surface area contributed by atoms with Crippen LogP contribution in [0.15, 0.2) is 24.4 Å². The summed E-state index contributed by atoms with van der Waals surface area (Å²) in [5, 5.41) is 3.66. The molecule has 1 unspecified atom stereocenters. The van der Waals surface area contributed by atoms with Gasteiger partial charge in [0, 0.05) is 25.3 Å². The van der Waals surface area contributed by atoms with E-state index in [0.717, 1.165) is 25.3 Å². The Kier molecular flexibility index (Phi) is 6.46. The van der Waals surface area contributed by atoms with Crippen LogP contribution in [-0.4, -0.2) is 36.1 Å². The van der Waals surface area contributed by atoms with E-state index in [1.807, 2.05) is 18.3 Å². The summed E-state index contributed by atoms with van der Waals surface area (Å²) >= 11 is 0. The van der Waals surface area contributed by atoms with Crippen LogP contribution in [0.2, 0.25) is 0 Å². The van der Waals surface area contributed by atoms with Gasteiger partial charge in [-0.3, -0.25) is 9.88 Å². The average Bonchev–Trinajstić information content (AvgIpc) is 2.34. The molecule has 1 rings (SSSR count). The zero-order valence-electron chi connectivity index (χ0n) is 13.1. The first-order chi connectivity index (χ1) is 8.93. The molecule has 1 atom stereocenters. The lowest BCUT2D eigenvalue weighted by Gasteiger charge is -2.34. The zero-order valence-corrected chi connectivity index (χ0v) is 13.1. The van der Waals surface area contributed by atoms with Crippen molar-refractivity contribution in [3.8, 4) is 0 Å². The van der Waals surface area contributed by atoms with Crippen molar-refractivity contribution in [2.45, 2.75) is 46.7 Å². The minimum Gasteiger partial charge on any atom is -0.312 e. The molecule has 0 aliphatic heterocycles. The second-order valence-corrected chi connectivity index (χ2v) is 6.39. The van der Waals surface area contributed by atoms with Crippen LogP contribution in [0.1, 0.15) is 39.8 Å². The van der Waals surface area contributed by atoms with E-state index < -0.39 is 0 Å². The number of hydrogen-bond acceptors (Lipinski definition) is 3. The summed E-state index contributed by atoms with van der Waals surface area (Å²) in [5.74, 6) is 0. The Hall–Kier alpha value is -0.930. The van der Waals surface area contributed by atoms with Crippen molar-refractivity contribution in [1.82, 2.24) is 15.2 Å². The summed E-state index contributed by atoms with van der Waals surface area (Å²) in [6.45, 7) is 12.1. The molecule has 3 nitrogen and oxygen atoms in total. The summed E-state index contributed by atoms with van der Waals surface area (Å²) in [5.41, 5.74) is 1.40. The number of likely N-dealkylation sites (N-methyl/N-ethyl adjacent to an activating group) is 1. The summed E-state index contributed by atoms with van der Waals surface area (Å²) in [4.78, 5) is 6.74. The van der Waals surface area contributed by atoms with Gasteiger partial charge in [0.2, 0.25) is 0 Å². The fourth-order valence-corrected chi connectivity index (χ4v) is 2.11. The molecular formula is C16H29N3. The first-order valence-electron chi connectivity index (χ1n) is 7.25. The number of hydrogen-bond donors (Lipinski definition) is 1. The fourth-order valence-electron chi connectivity index (χ4n) is 2.11. The molecule has 0 radical (unpaired) electrons. The van der Waals surface area contributed by atoms with E-state index in [4.69, 9.17) is 0 Å². The van der Waals surface area contributed by atoms with Crippen LogP contribution in [-0.2, 0) is 6.54 Å².